The summed E-state index contributed by atoms with van der Waals surface area (Å²) >= 11 is 0. The molecule has 3 aliphatic rings. The first-order valence-corrected chi connectivity index (χ1v) is 11.9. The van der Waals surface area contributed by atoms with Gasteiger partial charge in [-0.3, -0.25) is 9.69 Å². The standard InChI is InChI=1S/C26H33N3O2/c1-2-29-11-3-4-25(29)21-8-7-20-12-19(13-22(20)14-21)15-28-26(30)24-10-9-23(16-27-24)31-17-18-5-6-18/h7-10,14,16,18-19,25H,2-6,11-13,15,17H2,1H3,(H,28,30). The van der Waals surface area contributed by atoms with Gasteiger partial charge in [-0.15, -0.1) is 0 Å². The Bertz CT molecular complexity index is 923. The second kappa shape index (κ2) is 8.99. The van der Waals surface area contributed by atoms with E-state index < -0.39 is 0 Å². The van der Waals surface area contributed by atoms with Gasteiger partial charge in [-0.1, -0.05) is 25.1 Å². The zero-order valence-corrected chi connectivity index (χ0v) is 18.5. The number of likely N-dealkylation sites (tertiary alicyclic amines) is 1. The first-order valence-electron chi connectivity index (χ1n) is 11.9. The Hall–Kier alpha value is -2.40. The Balaban J connectivity index is 1.13. The highest BCUT2D eigenvalue weighted by Crippen LogP contribution is 2.35. The fraction of sp³-hybridized carbons (Fsp3) is 0.538. The van der Waals surface area contributed by atoms with E-state index in [9.17, 15) is 4.79 Å². The van der Waals surface area contributed by atoms with Gasteiger partial charge in [0.1, 0.15) is 11.4 Å². The fourth-order valence-electron chi connectivity index (χ4n) is 5.09. The van der Waals surface area contributed by atoms with Gasteiger partial charge < -0.3 is 10.1 Å². The molecule has 1 aromatic heterocycles. The van der Waals surface area contributed by atoms with Crippen molar-refractivity contribution in [2.45, 2.75) is 51.5 Å². The molecule has 164 valence electrons. The van der Waals surface area contributed by atoms with E-state index in [4.69, 9.17) is 4.74 Å². The maximum absolute atomic E-state index is 12.5. The molecule has 2 aliphatic carbocycles. The molecule has 2 aromatic rings. The third-order valence-electron chi connectivity index (χ3n) is 7.11. The van der Waals surface area contributed by atoms with Crippen molar-refractivity contribution in [1.82, 2.24) is 15.2 Å². The highest BCUT2D eigenvalue weighted by Gasteiger charge is 2.28. The molecule has 5 heteroatoms. The molecule has 1 aliphatic heterocycles. The van der Waals surface area contributed by atoms with Crippen LogP contribution in [0.3, 0.4) is 0 Å². The minimum absolute atomic E-state index is 0.102. The number of amides is 1. The Kier molecular flexibility index (Phi) is 5.95. The molecule has 1 amide bonds. The molecule has 5 rings (SSSR count). The molecule has 31 heavy (non-hydrogen) atoms. The van der Waals surface area contributed by atoms with Crippen LogP contribution in [-0.4, -0.2) is 42.0 Å². The van der Waals surface area contributed by atoms with Crippen LogP contribution in [0, 0.1) is 11.8 Å². The molecular formula is C26H33N3O2. The number of hydrogen-bond donors (Lipinski definition) is 1. The van der Waals surface area contributed by atoms with Crippen molar-refractivity contribution in [3.63, 3.8) is 0 Å². The Morgan fingerprint density at radius 2 is 2.00 bits per heavy atom. The van der Waals surface area contributed by atoms with Gasteiger partial charge in [0.05, 0.1) is 12.8 Å². The molecule has 2 heterocycles. The third kappa shape index (κ3) is 4.77. The molecule has 0 bridgehead atoms. The topological polar surface area (TPSA) is 54.5 Å². The number of ether oxygens (including phenoxy) is 1. The number of nitrogens with zero attached hydrogens (tertiary/aromatic N) is 2. The van der Waals surface area contributed by atoms with Gasteiger partial charge in [-0.2, -0.15) is 0 Å². The molecule has 0 spiro atoms. The van der Waals surface area contributed by atoms with Crippen LogP contribution in [0.15, 0.2) is 36.5 Å². The highest BCUT2D eigenvalue weighted by molar-refractivity contribution is 5.92. The van der Waals surface area contributed by atoms with E-state index in [2.05, 4.69) is 40.3 Å². The molecule has 1 saturated carbocycles. The number of rotatable bonds is 8. The lowest BCUT2D eigenvalue weighted by atomic mass is 9.99. The number of nitrogens with one attached hydrogen (secondary N) is 1. The maximum Gasteiger partial charge on any atom is 0.269 e. The average Bonchev–Trinajstić information content (AvgIpc) is 3.34. The van der Waals surface area contributed by atoms with Crippen molar-refractivity contribution in [3.05, 3.63) is 58.9 Å². The lowest BCUT2D eigenvalue weighted by Crippen LogP contribution is -2.30. The summed E-state index contributed by atoms with van der Waals surface area (Å²) in [6, 6.07) is 11.3. The third-order valence-corrected chi connectivity index (χ3v) is 7.11. The van der Waals surface area contributed by atoms with Crippen molar-refractivity contribution < 1.29 is 9.53 Å². The van der Waals surface area contributed by atoms with Crippen LogP contribution < -0.4 is 10.1 Å². The van der Waals surface area contributed by atoms with Crippen LogP contribution in [0.25, 0.3) is 0 Å². The molecule has 2 fully saturated rings. The zero-order valence-electron chi connectivity index (χ0n) is 18.5. The predicted octanol–water partition coefficient (Wildman–Crippen LogP) is 4.17. The summed E-state index contributed by atoms with van der Waals surface area (Å²) in [4.78, 5) is 19.4. The Morgan fingerprint density at radius 3 is 2.77 bits per heavy atom. The minimum Gasteiger partial charge on any atom is -0.492 e. The van der Waals surface area contributed by atoms with Gasteiger partial charge in [0.25, 0.3) is 5.91 Å². The second-order valence-electron chi connectivity index (χ2n) is 9.43. The van der Waals surface area contributed by atoms with E-state index in [0.717, 1.165) is 31.7 Å². The smallest absolute Gasteiger partial charge is 0.269 e. The van der Waals surface area contributed by atoms with Gasteiger partial charge >= 0.3 is 0 Å². The van der Waals surface area contributed by atoms with Crippen LogP contribution in [0.1, 0.15) is 65.8 Å². The van der Waals surface area contributed by atoms with Gasteiger partial charge in [-0.05, 0) is 92.3 Å². The molecule has 0 radical (unpaired) electrons. The minimum atomic E-state index is -0.102. The number of carbonyl (C=O) groups excluding carboxylic acids is 1. The monoisotopic (exact) mass is 419 g/mol. The molecule has 5 nitrogen and oxygen atoms in total. The largest absolute Gasteiger partial charge is 0.492 e. The maximum atomic E-state index is 12.5. The number of hydrogen-bond acceptors (Lipinski definition) is 4. The SMILES string of the molecule is CCN1CCCC1c1ccc2c(c1)CC(CNC(=O)c1ccc(OCC3CC3)cn1)C2. The van der Waals surface area contributed by atoms with Crippen molar-refractivity contribution >= 4 is 5.91 Å². The summed E-state index contributed by atoms with van der Waals surface area (Å²) in [6.45, 7) is 6.05. The summed E-state index contributed by atoms with van der Waals surface area (Å²) in [5.41, 5.74) is 4.84. The number of benzene rings is 1. The molecule has 2 unspecified atom stereocenters. The number of fused-ring (bicyclic) bond motifs is 1. The molecule has 1 saturated heterocycles. The molecule has 2 atom stereocenters. The van der Waals surface area contributed by atoms with Crippen LogP contribution in [0.4, 0.5) is 0 Å². The van der Waals surface area contributed by atoms with Crippen LogP contribution in [0.5, 0.6) is 5.75 Å². The Labute approximate surface area is 185 Å². The number of pyridine rings is 1. The first kappa shape index (κ1) is 20.5. The summed E-state index contributed by atoms with van der Waals surface area (Å²) < 4.78 is 5.70. The fourth-order valence-corrected chi connectivity index (χ4v) is 5.09. The average molecular weight is 420 g/mol. The van der Waals surface area contributed by atoms with Crippen LogP contribution in [0.2, 0.25) is 0 Å². The lowest BCUT2D eigenvalue weighted by molar-refractivity contribution is 0.0942. The second-order valence-corrected chi connectivity index (χ2v) is 9.43. The van der Waals surface area contributed by atoms with Crippen LogP contribution >= 0.6 is 0 Å². The van der Waals surface area contributed by atoms with Gasteiger partial charge in [0.2, 0.25) is 0 Å². The van der Waals surface area contributed by atoms with E-state index in [0.29, 0.717) is 30.1 Å². The van der Waals surface area contributed by atoms with Crippen LogP contribution in [-0.2, 0) is 12.8 Å². The quantitative estimate of drug-likeness (QED) is 0.698. The normalized spacial score (nSPS) is 23.0. The van der Waals surface area contributed by atoms with E-state index in [-0.39, 0.29) is 5.91 Å². The van der Waals surface area contributed by atoms with E-state index in [1.54, 1.807) is 12.3 Å². The van der Waals surface area contributed by atoms with E-state index in [1.807, 2.05) is 6.07 Å². The first-order chi connectivity index (χ1) is 15.2. The summed E-state index contributed by atoms with van der Waals surface area (Å²) in [5, 5.41) is 3.09. The van der Waals surface area contributed by atoms with Crippen molar-refractivity contribution in [2.24, 2.45) is 11.8 Å². The highest BCUT2D eigenvalue weighted by atomic mass is 16.5. The predicted molar refractivity (Wildman–Crippen MR) is 121 cm³/mol. The van der Waals surface area contributed by atoms with Gasteiger partial charge in [0, 0.05) is 12.6 Å². The lowest BCUT2D eigenvalue weighted by Gasteiger charge is -2.23. The van der Waals surface area contributed by atoms with Gasteiger partial charge in [-0.25, -0.2) is 4.98 Å². The number of aromatic nitrogens is 1. The summed E-state index contributed by atoms with van der Waals surface area (Å²) in [6.07, 6.45) is 8.83. The molecule has 1 N–H and O–H groups in total. The Morgan fingerprint density at radius 1 is 1.13 bits per heavy atom. The van der Waals surface area contributed by atoms with Crippen molar-refractivity contribution in [3.8, 4) is 5.75 Å². The molecule has 1 aromatic carbocycles. The van der Waals surface area contributed by atoms with E-state index >= 15 is 0 Å². The van der Waals surface area contributed by atoms with Crippen molar-refractivity contribution in [1.29, 1.82) is 0 Å². The summed E-state index contributed by atoms with van der Waals surface area (Å²) in [5.74, 6) is 1.81. The van der Waals surface area contributed by atoms with Crippen molar-refractivity contribution in [2.75, 3.05) is 26.2 Å². The number of carbonyl (C=O) groups is 1. The summed E-state index contributed by atoms with van der Waals surface area (Å²) in [7, 11) is 0. The zero-order chi connectivity index (χ0) is 21.2. The molecular weight excluding hydrogens is 386 g/mol. The van der Waals surface area contributed by atoms with E-state index in [1.165, 1.54) is 48.9 Å². The van der Waals surface area contributed by atoms with Gasteiger partial charge in [0.15, 0.2) is 0 Å².